The first-order chi connectivity index (χ1) is 6.90. The molecule has 0 amide bonds. The molecule has 1 heterocycles. The van der Waals surface area contributed by atoms with E-state index in [4.69, 9.17) is 0 Å². The monoisotopic (exact) mass is 181 g/mol. The molecule has 1 aromatic heterocycles. The second kappa shape index (κ2) is 3.71. The van der Waals surface area contributed by atoms with E-state index in [9.17, 15) is 4.79 Å². The summed E-state index contributed by atoms with van der Waals surface area (Å²) in [5, 5.41) is 2.15. The number of carbonyl (C=O) groups excluding carboxylic acids is 1. The van der Waals surface area contributed by atoms with E-state index in [-0.39, 0.29) is 0 Å². The predicted octanol–water partition coefficient (Wildman–Crippen LogP) is 1.79. The summed E-state index contributed by atoms with van der Waals surface area (Å²) < 4.78 is 0. The molecule has 2 heteroatoms. The van der Waals surface area contributed by atoms with E-state index in [1.54, 1.807) is 12.4 Å². The molecule has 2 aromatic rings. The Morgan fingerprint density at radius 3 is 3.00 bits per heavy atom. The maximum Gasteiger partial charge on any atom is 0.193 e. The normalized spacial score (nSPS) is 9.14. The number of aldehydes is 1. The molecular weight excluding hydrogens is 174 g/mol. The lowest BCUT2D eigenvalue weighted by Gasteiger charge is -1.96. The summed E-state index contributed by atoms with van der Waals surface area (Å²) in [6.45, 7) is 0. The molecule has 0 unspecified atom stereocenters. The summed E-state index contributed by atoms with van der Waals surface area (Å²) in [4.78, 5) is 14.1. The van der Waals surface area contributed by atoms with Crippen molar-refractivity contribution < 1.29 is 4.79 Å². The van der Waals surface area contributed by atoms with Crippen molar-refractivity contribution in [2.24, 2.45) is 0 Å². The van der Waals surface area contributed by atoms with Crippen LogP contribution in [-0.4, -0.2) is 11.3 Å². The predicted molar refractivity (Wildman–Crippen MR) is 54.7 cm³/mol. The Morgan fingerprint density at radius 2 is 2.14 bits per heavy atom. The molecule has 1 aromatic carbocycles. The van der Waals surface area contributed by atoms with E-state index in [1.165, 1.54) is 0 Å². The van der Waals surface area contributed by atoms with Crippen LogP contribution in [0.25, 0.3) is 10.8 Å². The number of nitrogens with zero attached hydrogens (tertiary/aromatic N) is 1. The Morgan fingerprint density at radius 1 is 1.21 bits per heavy atom. The minimum absolute atomic E-state index is 0.594. The number of benzene rings is 1. The molecule has 0 atom stereocenters. The van der Waals surface area contributed by atoms with Crippen LogP contribution in [0.4, 0.5) is 0 Å². The van der Waals surface area contributed by atoms with Crippen LogP contribution in [0.15, 0.2) is 36.7 Å². The highest BCUT2D eigenvalue weighted by Crippen LogP contribution is 2.13. The highest BCUT2D eigenvalue weighted by atomic mass is 16.1. The standard InChI is InChI=1S/C12H7NO/c14-7-1-2-10-3-4-12-9-13-6-5-11(12)8-10/h3-9H. The molecular formula is C12H7NO. The summed E-state index contributed by atoms with van der Waals surface area (Å²) in [6, 6.07) is 7.67. The number of fused-ring (bicyclic) bond motifs is 1. The van der Waals surface area contributed by atoms with Crippen LogP contribution in [0, 0.1) is 11.8 Å². The smallest absolute Gasteiger partial charge is 0.193 e. The molecule has 0 radical (unpaired) electrons. The molecule has 66 valence electrons. The third-order valence-corrected chi connectivity index (χ3v) is 1.92. The zero-order chi connectivity index (χ0) is 9.80. The molecule has 0 aliphatic carbocycles. The van der Waals surface area contributed by atoms with Crippen LogP contribution in [0.1, 0.15) is 5.56 Å². The van der Waals surface area contributed by atoms with E-state index in [0.29, 0.717) is 6.29 Å². The summed E-state index contributed by atoms with van der Waals surface area (Å²) in [5.41, 5.74) is 0.843. The number of hydrogen-bond donors (Lipinski definition) is 0. The average molecular weight is 181 g/mol. The fourth-order valence-corrected chi connectivity index (χ4v) is 1.27. The van der Waals surface area contributed by atoms with Crippen molar-refractivity contribution in [3.8, 4) is 11.8 Å². The van der Waals surface area contributed by atoms with Gasteiger partial charge in [0.2, 0.25) is 0 Å². The molecule has 0 saturated carbocycles. The van der Waals surface area contributed by atoms with Gasteiger partial charge in [-0.1, -0.05) is 12.0 Å². The first-order valence-electron chi connectivity index (χ1n) is 4.19. The first kappa shape index (κ1) is 8.46. The molecule has 0 N–H and O–H groups in total. The third-order valence-electron chi connectivity index (χ3n) is 1.92. The topological polar surface area (TPSA) is 30.0 Å². The van der Waals surface area contributed by atoms with Gasteiger partial charge in [-0.05, 0) is 29.5 Å². The van der Waals surface area contributed by atoms with Gasteiger partial charge in [-0.3, -0.25) is 9.78 Å². The Balaban J connectivity index is 2.56. The summed E-state index contributed by atoms with van der Waals surface area (Å²) in [7, 11) is 0. The minimum atomic E-state index is 0.594. The lowest BCUT2D eigenvalue weighted by molar-refractivity contribution is -0.103. The van der Waals surface area contributed by atoms with Gasteiger partial charge < -0.3 is 0 Å². The van der Waals surface area contributed by atoms with Crippen LogP contribution in [-0.2, 0) is 4.79 Å². The zero-order valence-electron chi connectivity index (χ0n) is 7.40. The molecule has 0 aliphatic heterocycles. The second-order valence-corrected chi connectivity index (χ2v) is 2.82. The van der Waals surface area contributed by atoms with Crippen LogP contribution in [0.3, 0.4) is 0 Å². The summed E-state index contributed by atoms with van der Waals surface area (Å²) in [6.07, 6.45) is 4.13. The number of carbonyl (C=O) groups is 1. The van der Waals surface area contributed by atoms with Gasteiger partial charge in [0.1, 0.15) is 0 Å². The van der Waals surface area contributed by atoms with Gasteiger partial charge in [-0.15, -0.1) is 0 Å². The van der Waals surface area contributed by atoms with Crippen molar-refractivity contribution >= 4 is 17.1 Å². The second-order valence-electron chi connectivity index (χ2n) is 2.82. The maximum absolute atomic E-state index is 10.1. The number of rotatable bonds is 0. The lowest BCUT2D eigenvalue weighted by Crippen LogP contribution is -1.78. The third kappa shape index (κ3) is 1.62. The van der Waals surface area contributed by atoms with Gasteiger partial charge in [-0.2, -0.15) is 0 Å². The molecule has 0 saturated heterocycles. The Labute approximate surface area is 81.6 Å². The fraction of sp³-hybridized carbons (Fsp3) is 0. The van der Waals surface area contributed by atoms with Gasteiger partial charge in [0, 0.05) is 23.3 Å². The highest BCUT2D eigenvalue weighted by Gasteiger charge is 1.92. The van der Waals surface area contributed by atoms with Crippen molar-refractivity contribution in [2.45, 2.75) is 0 Å². The van der Waals surface area contributed by atoms with E-state index >= 15 is 0 Å². The Kier molecular flexibility index (Phi) is 2.24. The van der Waals surface area contributed by atoms with Crippen LogP contribution in [0.5, 0.6) is 0 Å². The number of pyridine rings is 1. The van der Waals surface area contributed by atoms with Crippen molar-refractivity contribution in [3.63, 3.8) is 0 Å². The van der Waals surface area contributed by atoms with Crippen LogP contribution >= 0.6 is 0 Å². The van der Waals surface area contributed by atoms with E-state index < -0.39 is 0 Å². The van der Waals surface area contributed by atoms with E-state index in [0.717, 1.165) is 16.3 Å². The molecule has 0 bridgehead atoms. The molecule has 2 nitrogen and oxygen atoms in total. The Bertz CT molecular complexity index is 535. The van der Waals surface area contributed by atoms with Crippen molar-refractivity contribution in [3.05, 3.63) is 42.2 Å². The minimum Gasteiger partial charge on any atom is -0.289 e. The van der Waals surface area contributed by atoms with Gasteiger partial charge in [0.15, 0.2) is 6.29 Å². The average Bonchev–Trinajstić information content (AvgIpc) is 2.26. The quantitative estimate of drug-likeness (QED) is 0.458. The largest absolute Gasteiger partial charge is 0.289 e. The Hall–Kier alpha value is -2.14. The molecule has 0 fully saturated rings. The van der Waals surface area contributed by atoms with Gasteiger partial charge >= 0.3 is 0 Å². The number of hydrogen-bond acceptors (Lipinski definition) is 2. The van der Waals surface area contributed by atoms with E-state index in [2.05, 4.69) is 16.8 Å². The summed E-state index contributed by atoms with van der Waals surface area (Å²) in [5.74, 6) is 5.13. The maximum atomic E-state index is 10.1. The summed E-state index contributed by atoms with van der Waals surface area (Å²) >= 11 is 0. The molecule has 0 aliphatic rings. The number of aromatic nitrogens is 1. The van der Waals surface area contributed by atoms with Crippen molar-refractivity contribution in [1.82, 2.24) is 4.98 Å². The van der Waals surface area contributed by atoms with Gasteiger partial charge in [-0.25, -0.2) is 0 Å². The van der Waals surface area contributed by atoms with Crippen molar-refractivity contribution in [1.29, 1.82) is 0 Å². The van der Waals surface area contributed by atoms with E-state index in [1.807, 2.05) is 24.3 Å². The lowest BCUT2D eigenvalue weighted by atomic mass is 10.1. The SMILES string of the molecule is O=CC#Cc1ccc2cnccc2c1. The van der Waals surface area contributed by atoms with Crippen molar-refractivity contribution in [2.75, 3.05) is 0 Å². The van der Waals surface area contributed by atoms with Gasteiger partial charge in [0.25, 0.3) is 0 Å². The first-order valence-corrected chi connectivity index (χ1v) is 4.19. The fourth-order valence-electron chi connectivity index (χ4n) is 1.27. The van der Waals surface area contributed by atoms with Gasteiger partial charge in [0.05, 0.1) is 0 Å². The zero-order valence-corrected chi connectivity index (χ0v) is 7.40. The van der Waals surface area contributed by atoms with Crippen LogP contribution < -0.4 is 0 Å². The molecule has 2 rings (SSSR count). The highest BCUT2D eigenvalue weighted by molar-refractivity contribution is 5.83. The van der Waals surface area contributed by atoms with Crippen LogP contribution in [0.2, 0.25) is 0 Å². The molecule has 0 spiro atoms. The molecule has 14 heavy (non-hydrogen) atoms.